The van der Waals surface area contributed by atoms with E-state index in [1.165, 1.54) is 22.7 Å². The molecule has 3 rings (SSSR count). The Kier molecular flexibility index (Phi) is 4.77. The molecular weight excluding hydrogens is 302 g/mol. The van der Waals surface area contributed by atoms with Crippen LogP contribution in [0, 0.1) is 0 Å². The second kappa shape index (κ2) is 6.77. The highest BCUT2D eigenvalue weighted by molar-refractivity contribution is 8.01. The van der Waals surface area contributed by atoms with Gasteiger partial charge in [0, 0.05) is 11.3 Å². The first-order valence-corrected chi connectivity index (χ1v) is 8.80. The molecule has 0 saturated carbocycles. The molecule has 112 valence electrons. The molecule has 1 N–H and O–H groups in total. The molecule has 1 aliphatic rings. The molecule has 0 fully saturated rings. The van der Waals surface area contributed by atoms with Crippen LogP contribution in [0.15, 0.2) is 28.9 Å². The normalized spacial score (nSPS) is 21.0. The molecule has 6 heteroatoms. The third-order valence-corrected chi connectivity index (χ3v) is 5.86. The fourth-order valence-corrected chi connectivity index (χ4v) is 4.76. The topological polar surface area (TPSA) is 47.0 Å². The number of ether oxygens (including phenoxy) is 1. The number of nitrogens with one attached hydrogen (secondary N) is 1. The van der Waals surface area contributed by atoms with E-state index in [2.05, 4.69) is 39.8 Å². The fourth-order valence-electron chi connectivity index (χ4n) is 2.83. The molecule has 2 aromatic rings. The van der Waals surface area contributed by atoms with Crippen LogP contribution in [0.1, 0.15) is 30.5 Å². The van der Waals surface area contributed by atoms with Gasteiger partial charge in [-0.2, -0.15) is 4.37 Å². The summed E-state index contributed by atoms with van der Waals surface area (Å²) in [6.45, 7) is 3.12. The van der Waals surface area contributed by atoms with Crippen molar-refractivity contribution in [2.45, 2.75) is 35.4 Å². The van der Waals surface area contributed by atoms with Gasteiger partial charge in [-0.1, -0.05) is 24.8 Å². The zero-order chi connectivity index (χ0) is 14.7. The quantitative estimate of drug-likeness (QED) is 0.915. The number of aromatic nitrogens is 2. The summed E-state index contributed by atoms with van der Waals surface area (Å²) in [5.74, 6) is 0.944. The molecule has 2 unspecified atom stereocenters. The van der Waals surface area contributed by atoms with Gasteiger partial charge in [-0.05, 0) is 54.2 Å². The Morgan fingerprint density at radius 1 is 1.48 bits per heavy atom. The van der Waals surface area contributed by atoms with Gasteiger partial charge in [0.2, 0.25) is 0 Å². The minimum absolute atomic E-state index is 0.360. The number of methoxy groups -OCH3 is 1. The molecule has 21 heavy (non-hydrogen) atoms. The molecule has 1 aromatic heterocycles. The van der Waals surface area contributed by atoms with Crippen LogP contribution in [-0.4, -0.2) is 28.3 Å². The van der Waals surface area contributed by atoms with Crippen molar-refractivity contribution < 1.29 is 4.74 Å². The highest BCUT2D eigenvalue weighted by Crippen LogP contribution is 2.41. The number of thioether (sulfide) groups is 1. The molecule has 0 spiro atoms. The molecule has 2 atom stereocenters. The van der Waals surface area contributed by atoms with Crippen LogP contribution in [0.25, 0.3) is 0 Å². The second-order valence-electron chi connectivity index (χ2n) is 5.00. The third kappa shape index (κ3) is 3.22. The Balaban J connectivity index is 1.86. The number of nitrogens with zero attached hydrogens (tertiary/aromatic N) is 2. The third-order valence-electron chi connectivity index (χ3n) is 3.77. The maximum absolute atomic E-state index is 5.35. The first-order chi connectivity index (χ1) is 10.3. The number of aryl methyl sites for hydroxylation is 1. The molecule has 0 bridgehead atoms. The zero-order valence-corrected chi connectivity index (χ0v) is 13.8. The summed E-state index contributed by atoms with van der Waals surface area (Å²) >= 11 is 3.32. The second-order valence-corrected chi connectivity index (χ2v) is 7.27. The van der Waals surface area contributed by atoms with E-state index in [9.17, 15) is 0 Å². The van der Waals surface area contributed by atoms with Gasteiger partial charge < -0.3 is 10.1 Å². The largest absolute Gasteiger partial charge is 0.497 e. The Labute approximate surface area is 133 Å². The summed E-state index contributed by atoms with van der Waals surface area (Å²) in [6.07, 6.45) is 3.86. The number of benzene rings is 1. The predicted octanol–water partition coefficient (Wildman–Crippen LogP) is 3.30. The Morgan fingerprint density at radius 3 is 3.10 bits per heavy atom. The van der Waals surface area contributed by atoms with E-state index in [1.807, 2.05) is 11.8 Å². The molecule has 0 radical (unpaired) electrons. The lowest BCUT2D eigenvalue weighted by Gasteiger charge is -2.33. The van der Waals surface area contributed by atoms with E-state index in [0.717, 1.165) is 29.5 Å². The van der Waals surface area contributed by atoms with Crippen LogP contribution in [0.2, 0.25) is 0 Å². The van der Waals surface area contributed by atoms with E-state index >= 15 is 0 Å². The lowest BCUT2D eigenvalue weighted by Crippen LogP contribution is -2.34. The first kappa shape index (κ1) is 14.8. The van der Waals surface area contributed by atoms with Crippen molar-refractivity contribution in [3.05, 3.63) is 35.7 Å². The average Bonchev–Trinajstić information content (AvgIpc) is 3.02. The van der Waals surface area contributed by atoms with Gasteiger partial charge in [-0.25, -0.2) is 4.98 Å². The van der Waals surface area contributed by atoms with Crippen molar-refractivity contribution in [2.24, 2.45) is 0 Å². The smallest absolute Gasteiger partial charge is 0.170 e. The molecule has 4 nitrogen and oxygen atoms in total. The van der Waals surface area contributed by atoms with Crippen LogP contribution in [-0.2, 0) is 6.42 Å². The zero-order valence-electron chi connectivity index (χ0n) is 12.2. The van der Waals surface area contributed by atoms with E-state index in [0.29, 0.717) is 11.3 Å². The number of hydrogen-bond acceptors (Lipinski definition) is 6. The van der Waals surface area contributed by atoms with Crippen molar-refractivity contribution in [3.63, 3.8) is 0 Å². The Bertz CT molecular complexity index is 589. The van der Waals surface area contributed by atoms with Gasteiger partial charge in [-0.15, -0.1) is 0 Å². The molecule has 1 heterocycles. The minimum Gasteiger partial charge on any atom is -0.497 e. The van der Waals surface area contributed by atoms with E-state index < -0.39 is 0 Å². The van der Waals surface area contributed by atoms with Crippen molar-refractivity contribution >= 4 is 23.3 Å². The number of fused-ring (bicyclic) bond motifs is 1. The summed E-state index contributed by atoms with van der Waals surface area (Å²) in [4.78, 5) is 4.31. The van der Waals surface area contributed by atoms with Crippen molar-refractivity contribution in [2.75, 3.05) is 13.7 Å². The molecule has 0 aliphatic heterocycles. The molecule has 1 aliphatic carbocycles. The monoisotopic (exact) mass is 321 g/mol. The fraction of sp³-hybridized carbons (Fsp3) is 0.467. The summed E-state index contributed by atoms with van der Waals surface area (Å²) < 4.78 is 10.5. The van der Waals surface area contributed by atoms with Gasteiger partial charge in [0.15, 0.2) is 4.34 Å². The Morgan fingerprint density at radius 2 is 2.38 bits per heavy atom. The molecule has 0 amide bonds. The van der Waals surface area contributed by atoms with E-state index in [4.69, 9.17) is 4.74 Å². The van der Waals surface area contributed by atoms with E-state index in [1.54, 1.807) is 13.4 Å². The van der Waals surface area contributed by atoms with Gasteiger partial charge >= 0.3 is 0 Å². The molecular formula is C15H19N3OS2. The van der Waals surface area contributed by atoms with Crippen molar-refractivity contribution in [1.82, 2.24) is 14.7 Å². The van der Waals surface area contributed by atoms with Crippen molar-refractivity contribution in [1.29, 1.82) is 0 Å². The highest BCUT2D eigenvalue weighted by atomic mass is 32.2. The van der Waals surface area contributed by atoms with Crippen LogP contribution < -0.4 is 10.1 Å². The van der Waals surface area contributed by atoms with Crippen LogP contribution in [0.4, 0.5) is 0 Å². The number of hydrogen-bond donors (Lipinski definition) is 1. The molecule has 1 aromatic carbocycles. The van der Waals surface area contributed by atoms with Crippen molar-refractivity contribution in [3.8, 4) is 5.75 Å². The van der Waals surface area contributed by atoms with Gasteiger partial charge in [0.05, 0.1) is 7.11 Å². The molecule has 0 saturated heterocycles. The first-order valence-electron chi connectivity index (χ1n) is 7.15. The minimum atomic E-state index is 0.360. The SMILES string of the molecule is CCNC1c2ccc(OC)cc2CCC1Sc1ncns1. The van der Waals surface area contributed by atoms with Crippen LogP contribution in [0.3, 0.4) is 0 Å². The van der Waals surface area contributed by atoms with Crippen LogP contribution >= 0.6 is 23.3 Å². The summed E-state index contributed by atoms with van der Waals surface area (Å²) in [7, 11) is 1.72. The van der Waals surface area contributed by atoms with Gasteiger partial charge in [-0.3, -0.25) is 0 Å². The maximum atomic E-state index is 5.35. The predicted molar refractivity (Wildman–Crippen MR) is 87.3 cm³/mol. The lowest BCUT2D eigenvalue weighted by molar-refractivity contribution is 0.411. The van der Waals surface area contributed by atoms with Gasteiger partial charge in [0.1, 0.15) is 12.1 Å². The van der Waals surface area contributed by atoms with Gasteiger partial charge in [0.25, 0.3) is 0 Å². The summed E-state index contributed by atoms with van der Waals surface area (Å²) in [5.41, 5.74) is 2.79. The summed E-state index contributed by atoms with van der Waals surface area (Å²) in [6, 6.07) is 6.79. The number of rotatable bonds is 5. The maximum Gasteiger partial charge on any atom is 0.170 e. The average molecular weight is 321 g/mol. The summed E-state index contributed by atoms with van der Waals surface area (Å²) in [5, 5.41) is 4.13. The standard InChI is InChI=1S/C15H19N3OS2/c1-3-16-14-12-6-5-11(19-2)8-10(12)4-7-13(14)20-15-17-9-18-21-15/h5-6,8-9,13-14,16H,3-4,7H2,1-2H3. The highest BCUT2D eigenvalue weighted by Gasteiger charge is 2.30. The lowest BCUT2D eigenvalue weighted by atomic mass is 9.87. The van der Waals surface area contributed by atoms with E-state index in [-0.39, 0.29) is 0 Å². The Hall–Kier alpha value is -1.11. The van der Waals surface area contributed by atoms with Crippen LogP contribution in [0.5, 0.6) is 5.75 Å².